The van der Waals surface area contributed by atoms with Gasteiger partial charge in [0, 0.05) is 11.8 Å². The van der Waals surface area contributed by atoms with Crippen molar-refractivity contribution in [2.75, 3.05) is 12.4 Å². The van der Waals surface area contributed by atoms with E-state index in [2.05, 4.69) is 10.3 Å². The number of anilines is 1. The van der Waals surface area contributed by atoms with Crippen molar-refractivity contribution in [3.8, 4) is 11.5 Å². The summed E-state index contributed by atoms with van der Waals surface area (Å²) in [5.74, 6) is 0.807. The Labute approximate surface area is 156 Å². The number of hydrogen-bond donors (Lipinski definition) is 1. The minimum absolute atomic E-state index is 0.136. The minimum Gasteiger partial charge on any atom is -0.493 e. The molecule has 7 heteroatoms. The molecule has 1 saturated carbocycles. The van der Waals surface area contributed by atoms with E-state index in [1.165, 1.54) is 6.20 Å². The number of rotatable bonds is 5. The molecule has 2 aromatic rings. The van der Waals surface area contributed by atoms with Crippen LogP contribution in [0.2, 0.25) is 10.2 Å². The van der Waals surface area contributed by atoms with Gasteiger partial charge in [0.25, 0.3) is 5.91 Å². The third-order valence-electron chi connectivity index (χ3n) is 4.11. The molecule has 1 amide bonds. The number of methoxy groups -OCH3 is 1. The Morgan fingerprint density at radius 2 is 1.96 bits per heavy atom. The summed E-state index contributed by atoms with van der Waals surface area (Å²) in [7, 11) is 1.58. The zero-order valence-corrected chi connectivity index (χ0v) is 15.2. The Hall–Kier alpha value is -1.98. The molecule has 5 nitrogen and oxygen atoms in total. The second-order valence-corrected chi connectivity index (χ2v) is 6.57. The molecule has 1 aliphatic carbocycles. The highest BCUT2D eigenvalue weighted by Crippen LogP contribution is 2.33. The number of pyridine rings is 1. The summed E-state index contributed by atoms with van der Waals surface area (Å²) in [5.41, 5.74) is 0.703. The van der Waals surface area contributed by atoms with Crippen LogP contribution in [0.4, 0.5) is 5.69 Å². The van der Waals surface area contributed by atoms with E-state index in [4.69, 9.17) is 32.7 Å². The van der Waals surface area contributed by atoms with Gasteiger partial charge in [0.1, 0.15) is 0 Å². The predicted octanol–water partition coefficient (Wildman–Crippen LogP) is 4.97. The van der Waals surface area contributed by atoms with Crippen molar-refractivity contribution in [1.82, 2.24) is 4.98 Å². The first-order valence-corrected chi connectivity index (χ1v) is 8.80. The average molecular weight is 381 g/mol. The zero-order chi connectivity index (χ0) is 17.8. The van der Waals surface area contributed by atoms with Gasteiger partial charge in [0.2, 0.25) is 0 Å². The van der Waals surface area contributed by atoms with Crippen molar-refractivity contribution in [1.29, 1.82) is 0 Å². The first-order valence-electron chi connectivity index (χ1n) is 8.04. The van der Waals surface area contributed by atoms with Crippen LogP contribution in [0.1, 0.15) is 36.0 Å². The number of amides is 1. The Bertz CT molecular complexity index is 757. The van der Waals surface area contributed by atoms with Crippen molar-refractivity contribution in [2.45, 2.75) is 31.8 Å². The van der Waals surface area contributed by atoms with Crippen LogP contribution in [0.25, 0.3) is 0 Å². The number of aromatic nitrogens is 1. The van der Waals surface area contributed by atoms with Gasteiger partial charge >= 0.3 is 0 Å². The van der Waals surface area contributed by atoms with Crippen LogP contribution >= 0.6 is 23.2 Å². The van der Waals surface area contributed by atoms with Crippen LogP contribution in [0.5, 0.6) is 11.5 Å². The summed E-state index contributed by atoms with van der Waals surface area (Å²) in [6.45, 7) is 0. The van der Waals surface area contributed by atoms with Crippen molar-refractivity contribution in [3.05, 3.63) is 46.2 Å². The molecule has 25 heavy (non-hydrogen) atoms. The van der Waals surface area contributed by atoms with Crippen molar-refractivity contribution in [2.24, 2.45) is 0 Å². The van der Waals surface area contributed by atoms with Gasteiger partial charge in [-0.25, -0.2) is 4.98 Å². The number of nitrogens with one attached hydrogen (secondary N) is 1. The van der Waals surface area contributed by atoms with Crippen LogP contribution in [-0.2, 0) is 0 Å². The van der Waals surface area contributed by atoms with Gasteiger partial charge in [-0.3, -0.25) is 4.79 Å². The highest BCUT2D eigenvalue weighted by molar-refractivity contribution is 6.39. The van der Waals surface area contributed by atoms with Crippen molar-refractivity contribution >= 4 is 34.8 Å². The van der Waals surface area contributed by atoms with Gasteiger partial charge in [0.15, 0.2) is 16.7 Å². The number of halogens is 2. The fourth-order valence-corrected chi connectivity index (χ4v) is 3.25. The lowest BCUT2D eigenvalue weighted by atomic mass is 10.1. The largest absolute Gasteiger partial charge is 0.493 e. The van der Waals surface area contributed by atoms with E-state index < -0.39 is 0 Å². The summed E-state index contributed by atoms with van der Waals surface area (Å²) < 4.78 is 11.4. The monoisotopic (exact) mass is 380 g/mol. The number of ether oxygens (including phenoxy) is 2. The van der Waals surface area contributed by atoms with E-state index in [-0.39, 0.29) is 22.9 Å². The molecular formula is C18H18Cl2N2O3. The van der Waals surface area contributed by atoms with Crippen molar-refractivity contribution < 1.29 is 14.3 Å². The standard InChI is InChI=1S/C18H18Cl2N2O3/c1-24-14-7-6-11(10-15(14)25-12-4-2-3-5-12)18(23)22-16-13(19)8-9-21-17(16)20/h6-10,12H,2-5H2,1H3,(H,22,23). The van der Waals surface area contributed by atoms with E-state index in [1.54, 1.807) is 31.4 Å². The summed E-state index contributed by atoms with van der Waals surface area (Å²) in [6.07, 6.45) is 5.98. The summed E-state index contributed by atoms with van der Waals surface area (Å²) in [5, 5.41) is 3.15. The Morgan fingerprint density at radius 1 is 1.20 bits per heavy atom. The topological polar surface area (TPSA) is 60.5 Å². The van der Waals surface area contributed by atoms with Crippen LogP contribution in [0, 0.1) is 0 Å². The highest BCUT2D eigenvalue weighted by atomic mass is 35.5. The molecule has 0 atom stereocenters. The predicted molar refractivity (Wildman–Crippen MR) is 98.1 cm³/mol. The molecule has 132 valence electrons. The molecule has 0 aliphatic heterocycles. The molecule has 0 radical (unpaired) electrons. The zero-order valence-electron chi connectivity index (χ0n) is 13.7. The fourth-order valence-electron chi connectivity index (χ4n) is 2.81. The quantitative estimate of drug-likeness (QED) is 0.743. The second-order valence-electron chi connectivity index (χ2n) is 5.80. The molecular weight excluding hydrogens is 363 g/mol. The number of carbonyl (C=O) groups is 1. The molecule has 0 unspecified atom stereocenters. The fraction of sp³-hybridized carbons (Fsp3) is 0.333. The van der Waals surface area contributed by atoms with Crippen molar-refractivity contribution in [3.63, 3.8) is 0 Å². The first-order chi connectivity index (χ1) is 12.1. The Balaban J connectivity index is 1.82. The van der Waals surface area contributed by atoms with Crippen LogP contribution in [-0.4, -0.2) is 24.1 Å². The lowest BCUT2D eigenvalue weighted by molar-refractivity contribution is 0.102. The van der Waals surface area contributed by atoms with E-state index in [1.807, 2.05) is 0 Å². The van der Waals surface area contributed by atoms with Gasteiger partial charge in [0.05, 0.1) is 23.9 Å². The molecule has 1 aliphatic rings. The SMILES string of the molecule is COc1ccc(C(=O)Nc2c(Cl)ccnc2Cl)cc1OC1CCCC1. The van der Waals surface area contributed by atoms with E-state index in [0.717, 1.165) is 25.7 Å². The lowest BCUT2D eigenvalue weighted by Gasteiger charge is -2.17. The maximum atomic E-state index is 12.6. The first kappa shape index (κ1) is 17.8. The number of nitrogens with zero attached hydrogens (tertiary/aromatic N) is 1. The summed E-state index contributed by atoms with van der Waals surface area (Å²) in [6, 6.07) is 6.61. The Kier molecular flexibility index (Phi) is 5.66. The molecule has 1 fully saturated rings. The van der Waals surface area contributed by atoms with Crippen LogP contribution in [0.3, 0.4) is 0 Å². The molecule has 1 N–H and O–H groups in total. The highest BCUT2D eigenvalue weighted by Gasteiger charge is 2.20. The molecule has 0 bridgehead atoms. The Morgan fingerprint density at radius 3 is 2.64 bits per heavy atom. The third-order valence-corrected chi connectivity index (χ3v) is 4.72. The van der Waals surface area contributed by atoms with Crippen LogP contribution < -0.4 is 14.8 Å². The maximum Gasteiger partial charge on any atom is 0.255 e. The van der Waals surface area contributed by atoms with Gasteiger partial charge < -0.3 is 14.8 Å². The minimum atomic E-state index is -0.351. The van der Waals surface area contributed by atoms with Gasteiger partial charge in [-0.1, -0.05) is 23.2 Å². The van der Waals surface area contributed by atoms with Crippen LogP contribution in [0.15, 0.2) is 30.5 Å². The third kappa shape index (κ3) is 4.17. The number of benzene rings is 1. The summed E-state index contributed by atoms with van der Waals surface area (Å²) >= 11 is 12.1. The number of carbonyl (C=O) groups excluding carboxylic acids is 1. The van der Waals surface area contributed by atoms with Gasteiger partial charge in [-0.2, -0.15) is 0 Å². The number of hydrogen-bond acceptors (Lipinski definition) is 4. The van der Waals surface area contributed by atoms with E-state index in [9.17, 15) is 4.79 Å². The van der Waals surface area contributed by atoms with E-state index in [0.29, 0.717) is 22.1 Å². The normalized spacial score (nSPS) is 14.4. The molecule has 0 spiro atoms. The second kappa shape index (κ2) is 7.93. The molecule has 1 heterocycles. The smallest absolute Gasteiger partial charge is 0.255 e. The molecule has 1 aromatic carbocycles. The lowest BCUT2D eigenvalue weighted by Crippen LogP contribution is -2.15. The van der Waals surface area contributed by atoms with Gasteiger partial charge in [-0.05, 0) is 49.9 Å². The van der Waals surface area contributed by atoms with Gasteiger partial charge in [-0.15, -0.1) is 0 Å². The van der Waals surface area contributed by atoms with E-state index >= 15 is 0 Å². The maximum absolute atomic E-state index is 12.6. The molecule has 0 saturated heterocycles. The molecule has 3 rings (SSSR count). The molecule has 1 aromatic heterocycles. The summed E-state index contributed by atoms with van der Waals surface area (Å²) in [4.78, 5) is 16.5. The average Bonchev–Trinajstić information content (AvgIpc) is 3.11.